The van der Waals surface area contributed by atoms with Crippen LogP contribution in [0.4, 0.5) is 5.69 Å². The zero-order valence-corrected chi connectivity index (χ0v) is 11.3. The fourth-order valence-corrected chi connectivity index (χ4v) is 2.24. The average Bonchev–Trinajstić information content (AvgIpc) is 3.17. The standard InChI is InChI=1S/C14H17N5O/c1-14(15,10-6-7-10)13(20)17-11-4-2-3-5-12(11)19-9-8-16-18-19/h2-5,8-10H,6-7,15H2,1H3,(H,17,20). The minimum Gasteiger partial charge on any atom is -0.323 e. The van der Waals surface area contributed by atoms with Crippen LogP contribution in [0.3, 0.4) is 0 Å². The van der Waals surface area contributed by atoms with Gasteiger partial charge in [0.2, 0.25) is 5.91 Å². The number of nitrogens with zero attached hydrogens (tertiary/aromatic N) is 3. The number of amides is 1. The summed E-state index contributed by atoms with van der Waals surface area (Å²) in [6, 6.07) is 7.45. The molecule has 0 radical (unpaired) electrons. The SMILES string of the molecule is CC(N)(C(=O)Nc1ccccc1-n1ccnn1)C1CC1. The van der Waals surface area contributed by atoms with Gasteiger partial charge in [0.15, 0.2) is 0 Å². The lowest BCUT2D eigenvalue weighted by molar-refractivity contribution is -0.121. The van der Waals surface area contributed by atoms with E-state index in [1.807, 2.05) is 24.3 Å². The number of para-hydroxylation sites is 2. The molecule has 1 unspecified atom stereocenters. The topological polar surface area (TPSA) is 85.8 Å². The predicted molar refractivity (Wildman–Crippen MR) is 75.3 cm³/mol. The first-order chi connectivity index (χ1) is 9.59. The second-order valence-electron chi connectivity index (χ2n) is 5.38. The van der Waals surface area contributed by atoms with E-state index < -0.39 is 5.54 Å². The van der Waals surface area contributed by atoms with Crippen LogP contribution in [0, 0.1) is 5.92 Å². The van der Waals surface area contributed by atoms with E-state index >= 15 is 0 Å². The lowest BCUT2D eigenvalue weighted by Gasteiger charge is -2.23. The Morgan fingerprint density at radius 1 is 1.45 bits per heavy atom. The lowest BCUT2D eigenvalue weighted by atomic mass is 9.96. The number of hydrogen-bond acceptors (Lipinski definition) is 4. The fraction of sp³-hybridized carbons (Fsp3) is 0.357. The molecule has 1 aliphatic rings. The summed E-state index contributed by atoms with van der Waals surface area (Å²) >= 11 is 0. The molecule has 0 spiro atoms. The molecule has 6 heteroatoms. The second kappa shape index (κ2) is 4.72. The van der Waals surface area contributed by atoms with Crippen LogP contribution in [0.1, 0.15) is 19.8 Å². The van der Waals surface area contributed by atoms with E-state index in [1.165, 1.54) is 0 Å². The van der Waals surface area contributed by atoms with Gasteiger partial charge < -0.3 is 11.1 Å². The molecule has 1 amide bonds. The summed E-state index contributed by atoms with van der Waals surface area (Å²) in [4.78, 5) is 12.4. The van der Waals surface area contributed by atoms with E-state index in [2.05, 4.69) is 15.6 Å². The van der Waals surface area contributed by atoms with Gasteiger partial charge in [-0.25, -0.2) is 4.68 Å². The van der Waals surface area contributed by atoms with Gasteiger partial charge in [0, 0.05) is 0 Å². The van der Waals surface area contributed by atoms with Crippen molar-refractivity contribution in [2.75, 3.05) is 5.32 Å². The predicted octanol–water partition coefficient (Wildman–Crippen LogP) is 1.33. The normalized spacial score (nSPS) is 17.5. The molecule has 1 aromatic heterocycles. The van der Waals surface area contributed by atoms with Crippen LogP contribution in [0.5, 0.6) is 0 Å². The van der Waals surface area contributed by atoms with Crippen molar-refractivity contribution in [2.24, 2.45) is 11.7 Å². The number of nitrogens with one attached hydrogen (secondary N) is 1. The first-order valence-corrected chi connectivity index (χ1v) is 6.65. The average molecular weight is 271 g/mol. The summed E-state index contributed by atoms with van der Waals surface area (Å²) in [5.74, 6) is 0.119. The zero-order chi connectivity index (χ0) is 14.2. The number of benzene rings is 1. The molecule has 104 valence electrons. The molecular weight excluding hydrogens is 254 g/mol. The van der Waals surface area contributed by atoms with Crippen molar-refractivity contribution in [3.63, 3.8) is 0 Å². The van der Waals surface area contributed by atoms with Crippen LogP contribution < -0.4 is 11.1 Å². The van der Waals surface area contributed by atoms with Crippen molar-refractivity contribution in [1.29, 1.82) is 0 Å². The summed E-state index contributed by atoms with van der Waals surface area (Å²) < 4.78 is 1.61. The molecular formula is C14H17N5O. The van der Waals surface area contributed by atoms with Gasteiger partial charge in [-0.2, -0.15) is 0 Å². The Bertz CT molecular complexity index is 616. The zero-order valence-electron chi connectivity index (χ0n) is 11.3. The van der Waals surface area contributed by atoms with Crippen molar-refractivity contribution in [3.05, 3.63) is 36.7 Å². The minimum atomic E-state index is -0.824. The van der Waals surface area contributed by atoms with Gasteiger partial charge in [0.25, 0.3) is 0 Å². The van der Waals surface area contributed by atoms with E-state index in [1.54, 1.807) is 24.0 Å². The number of carbonyl (C=O) groups is 1. The van der Waals surface area contributed by atoms with Crippen LogP contribution in [0.15, 0.2) is 36.7 Å². The van der Waals surface area contributed by atoms with Crippen LogP contribution in [-0.2, 0) is 4.79 Å². The summed E-state index contributed by atoms with van der Waals surface area (Å²) in [7, 11) is 0. The van der Waals surface area contributed by atoms with E-state index in [0.29, 0.717) is 5.69 Å². The first kappa shape index (κ1) is 12.8. The van der Waals surface area contributed by atoms with Crippen molar-refractivity contribution >= 4 is 11.6 Å². The van der Waals surface area contributed by atoms with E-state index in [0.717, 1.165) is 18.5 Å². The number of aromatic nitrogens is 3. The van der Waals surface area contributed by atoms with Gasteiger partial charge in [-0.05, 0) is 37.8 Å². The van der Waals surface area contributed by atoms with Crippen molar-refractivity contribution in [2.45, 2.75) is 25.3 Å². The summed E-state index contributed by atoms with van der Waals surface area (Å²) in [5, 5.41) is 10.6. The monoisotopic (exact) mass is 271 g/mol. The van der Waals surface area contributed by atoms with Gasteiger partial charge in [0.05, 0.1) is 29.3 Å². The van der Waals surface area contributed by atoms with Crippen LogP contribution in [-0.4, -0.2) is 26.4 Å². The number of rotatable bonds is 4. The van der Waals surface area contributed by atoms with Crippen LogP contribution in [0.25, 0.3) is 5.69 Å². The molecule has 3 N–H and O–H groups in total. The Labute approximate surface area is 117 Å². The van der Waals surface area contributed by atoms with E-state index in [9.17, 15) is 4.79 Å². The number of anilines is 1. The largest absolute Gasteiger partial charge is 0.323 e. The molecule has 1 fully saturated rings. The highest BCUT2D eigenvalue weighted by molar-refractivity contribution is 5.99. The highest BCUT2D eigenvalue weighted by atomic mass is 16.2. The molecule has 2 aromatic rings. The Morgan fingerprint density at radius 3 is 2.85 bits per heavy atom. The minimum absolute atomic E-state index is 0.160. The number of hydrogen-bond donors (Lipinski definition) is 2. The van der Waals surface area contributed by atoms with Gasteiger partial charge in [-0.15, -0.1) is 5.10 Å². The third-order valence-corrected chi connectivity index (χ3v) is 3.74. The maximum atomic E-state index is 12.4. The van der Waals surface area contributed by atoms with Crippen LogP contribution >= 0.6 is 0 Å². The van der Waals surface area contributed by atoms with Gasteiger partial charge in [0.1, 0.15) is 0 Å². The smallest absolute Gasteiger partial charge is 0.244 e. The fourth-order valence-electron chi connectivity index (χ4n) is 2.24. The highest BCUT2D eigenvalue weighted by Gasteiger charge is 2.44. The molecule has 1 aliphatic carbocycles. The maximum absolute atomic E-state index is 12.4. The summed E-state index contributed by atoms with van der Waals surface area (Å²) in [6.45, 7) is 1.79. The van der Waals surface area contributed by atoms with Gasteiger partial charge >= 0.3 is 0 Å². The van der Waals surface area contributed by atoms with Crippen molar-refractivity contribution in [3.8, 4) is 5.69 Å². The van der Waals surface area contributed by atoms with E-state index in [-0.39, 0.29) is 11.8 Å². The molecule has 0 saturated heterocycles. The molecule has 1 aromatic carbocycles. The number of nitrogens with two attached hydrogens (primary N) is 1. The van der Waals surface area contributed by atoms with Crippen LogP contribution in [0.2, 0.25) is 0 Å². The first-order valence-electron chi connectivity index (χ1n) is 6.65. The Balaban J connectivity index is 1.86. The Morgan fingerprint density at radius 2 is 2.20 bits per heavy atom. The molecule has 0 aliphatic heterocycles. The van der Waals surface area contributed by atoms with Gasteiger partial charge in [-0.3, -0.25) is 4.79 Å². The molecule has 1 heterocycles. The highest BCUT2D eigenvalue weighted by Crippen LogP contribution is 2.38. The maximum Gasteiger partial charge on any atom is 0.244 e. The summed E-state index contributed by atoms with van der Waals surface area (Å²) in [6.07, 6.45) is 5.36. The van der Waals surface area contributed by atoms with Crippen molar-refractivity contribution < 1.29 is 4.79 Å². The molecule has 6 nitrogen and oxygen atoms in total. The lowest BCUT2D eigenvalue weighted by Crippen LogP contribution is -2.50. The molecule has 20 heavy (non-hydrogen) atoms. The van der Waals surface area contributed by atoms with Gasteiger partial charge in [-0.1, -0.05) is 17.3 Å². The van der Waals surface area contributed by atoms with Crippen molar-refractivity contribution in [1.82, 2.24) is 15.0 Å². The Hall–Kier alpha value is -2.21. The molecule has 1 saturated carbocycles. The molecule has 3 rings (SSSR count). The quantitative estimate of drug-likeness (QED) is 0.878. The molecule has 1 atom stereocenters. The number of carbonyl (C=O) groups excluding carboxylic acids is 1. The third-order valence-electron chi connectivity index (χ3n) is 3.74. The van der Waals surface area contributed by atoms with E-state index in [4.69, 9.17) is 5.73 Å². The molecule has 0 bridgehead atoms. The third kappa shape index (κ3) is 2.30. The summed E-state index contributed by atoms with van der Waals surface area (Å²) in [5.41, 5.74) is 6.76. The Kier molecular flexibility index (Phi) is 3.02. The second-order valence-corrected chi connectivity index (χ2v) is 5.38.